The lowest BCUT2D eigenvalue weighted by molar-refractivity contribution is 0.123. The number of fused-ring (bicyclic) bond motifs is 1. The number of aliphatic hydroxyl groups excluding tert-OH is 1. The van der Waals surface area contributed by atoms with Crippen molar-refractivity contribution in [1.82, 2.24) is 9.55 Å². The van der Waals surface area contributed by atoms with Crippen molar-refractivity contribution in [3.8, 4) is 0 Å². The molecule has 0 radical (unpaired) electrons. The molecular formula is C15H15ClN2OS. The Balaban J connectivity index is 2.01. The number of hydrogen-bond acceptors (Lipinski definition) is 3. The van der Waals surface area contributed by atoms with E-state index in [-0.39, 0.29) is 4.75 Å². The molecule has 0 saturated carbocycles. The van der Waals surface area contributed by atoms with Gasteiger partial charge in [-0.2, -0.15) is 0 Å². The van der Waals surface area contributed by atoms with E-state index < -0.39 is 6.10 Å². The molecule has 1 aromatic heterocycles. The van der Waals surface area contributed by atoms with Gasteiger partial charge >= 0.3 is 0 Å². The highest BCUT2D eigenvalue weighted by atomic mass is 35.5. The molecule has 2 aromatic rings. The number of aromatic nitrogens is 2. The molecule has 0 spiro atoms. The molecule has 20 heavy (non-hydrogen) atoms. The fourth-order valence-electron chi connectivity index (χ4n) is 2.66. The summed E-state index contributed by atoms with van der Waals surface area (Å²) >= 11 is 7.91. The van der Waals surface area contributed by atoms with Crippen LogP contribution in [0.5, 0.6) is 0 Å². The Hall–Kier alpha value is -1.23. The average molecular weight is 307 g/mol. The fraction of sp³-hybridized carbons (Fsp3) is 0.267. The summed E-state index contributed by atoms with van der Waals surface area (Å²) in [6, 6.07) is 5.69. The summed E-state index contributed by atoms with van der Waals surface area (Å²) in [4.78, 5) is 5.04. The fourth-order valence-corrected chi connectivity index (χ4v) is 4.48. The Bertz CT molecular complexity index is 629. The Morgan fingerprint density at radius 1 is 1.55 bits per heavy atom. The maximum atomic E-state index is 10.8. The van der Waals surface area contributed by atoms with Crippen molar-refractivity contribution in [3.63, 3.8) is 0 Å². The number of nitrogens with zero attached hydrogens (tertiary/aromatic N) is 2. The van der Waals surface area contributed by atoms with Crippen LogP contribution < -0.4 is 0 Å². The van der Waals surface area contributed by atoms with Gasteiger partial charge in [0, 0.05) is 23.8 Å². The van der Waals surface area contributed by atoms with Crippen LogP contribution in [0.25, 0.3) is 0 Å². The number of aliphatic hydroxyl groups is 1. The van der Waals surface area contributed by atoms with Crippen molar-refractivity contribution in [2.45, 2.75) is 28.7 Å². The molecule has 1 aromatic carbocycles. The highest BCUT2D eigenvalue weighted by Crippen LogP contribution is 2.56. The number of benzene rings is 1. The molecule has 5 heteroatoms. The van der Waals surface area contributed by atoms with Gasteiger partial charge in [-0.1, -0.05) is 29.8 Å². The monoisotopic (exact) mass is 306 g/mol. The van der Waals surface area contributed by atoms with Gasteiger partial charge in [0.1, 0.15) is 0 Å². The Kier molecular flexibility index (Phi) is 3.63. The quantitative estimate of drug-likeness (QED) is 0.876. The second-order valence-electron chi connectivity index (χ2n) is 4.96. The smallest absolute Gasteiger partial charge is 0.0971 e. The molecule has 1 N–H and O–H groups in total. The molecule has 2 atom stereocenters. The largest absolute Gasteiger partial charge is 0.387 e. The number of allylic oxidation sites excluding steroid dienone is 1. The molecule has 0 amide bonds. The molecule has 2 heterocycles. The van der Waals surface area contributed by atoms with Crippen LogP contribution in [0.1, 0.15) is 18.1 Å². The van der Waals surface area contributed by atoms with E-state index in [4.69, 9.17) is 11.6 Å². The van der Waals surface area contributed by atoms with Gasteiger partial charge in [-0.05, 0) is 18.1 Å². The van der Waals surface area contributed by atoms with Crippen LogP contribution in [-0.4, -0.2) is 19.4 Å². The first kappa shape index (κ1) is 13.7. The molecule has 0 bridgehead atoms. The summed E-state index contributed by atoms with van der Waals surface area (Å²) in [5, 5.41) is 11.5. The zero-order chi connectivity index (χ0) is 14.2. The van der Waals surface area contributed by atoms with Gasteiger partial charge < -0.3 is 9.67 Å². The number of hydrogen-bond donors (Lipinski definition) is 1. The molecule has 0 aliphatic carbocycles. The Labute approximate surface area is 127 Å². The predicted molar refractivity (Wildman–Crippen MR) is 82.0 cm³/mol. The minimum absolute atomic E-state index is 0.379. The van der Waals surface area contributed by atoms with E-state index in [0.29, 0.717) is 18.0 Å². The van der Waals surface area contributed by atoms with Crippen molar-refractivity contribution >= 4 is 23.4 Å². The first-order chi connectivity index (χ1) is 9.66. The summed E-state index contributed by atoms with van der Waals surface area (Å²) in [6.45, 7) is 4.50. The van der Waals surface area contributed by atoms with Crippen molar-refractivity contribution in [2.75, 3.05) is 0 Å². The molecule has 0 saturated heterocycles. The van der Waals surface area contributed by atoms with Crippen molar-refractivity contribution in [2.24, 2.45) is 0 Å². The van der Waals surface area contributed by atoms with Crippen molar-refractivity contribution in [1.29, 1.82) is 0 Å². The Morgan fingerprint density at radius 3 is 3.05 bits per heavy atom. The predicted octanol–water partition coefficient (Wildman–Crippen LogP) is 3.69. The summed E-state index contributed by atoms with van der Waals surface area (Å²) in [5.74, 6) is 0. The first-order valence-electron chi connectivity index (χ1n) is 6.38. The highest BCUT2D eigenvalue weighted by molar-refractivity contribution is 8.01. The molecule has 3 rings (SSSR count). The standard InChI is InChI=1S/C15H15ClN2OS/c1-2-6-15(9-18-8-7-17-10-18)14(19)11-4-3-5-12(16)13(11)20-15/h2-5,7-8,10,14,19H,1,6,9H2/t14-,15-/m0/s1. The van der Waals surface area contributed by atoms with E-state index in [1.165, 1.54) is 0 Å². The third-order valence-corrected chi connectivity index (χ3v) is 5.61. The van der Waals surface area contributed by atoms with Gasteiger partial charge in [-0.25, -0.2) is 4.98 Å². The summed E-state index contributed by atoms with van der Waals surface area (Å²) < 4.78 is 1.61. The highest BCUT2D eigenvalue weighted by Gasteiger charge is 2.46. The second-order valence-corrected chi connectivity index (χ2v) is 6.79. The zero-order valence-corrected chi connectivity index (χ0v) is 12.4. The maximum Gasteiger partial charge on any atom is 0.0971 e. The van der Waals surface area contributed by atoms with E-state index >= 15 is 0 Å². The molecule has 1 aliphatic rings. The zero-order valence-electron chi connectivity index (χ0n) is 10.9. The average Bonchev–Trinajstić information content (AvgIpc) is 3.01. The molecular weight excluding hydrogens is 292 g/mol. The van der Waals surface area contributed by atoms with Crippen LogP contribution in [0.4, 0.5) is 0 Å². The number of thioether (sulfide) groups is 1. The second kappa shape index (κ2) is 5.28. The van der Waals surface area contributed by atoms with Crippen LogP contribution >= 0.6 is 23.4 Å². The van der Waals surface area contributed by atoms with E-state index in [2.05, 4.69) is 11.6 Å². The van der Waals surface area contributed by atoms with Gasteiger partial charge in [-0.15, -0.1) is 18.3 Å². The van der Waals surface area contributed by atoms with Crippen LogP contribution in [0.2, 0.25) is 5.02 Å². The van der Waals surface area contributed by atoms with Gasteiger partial charge in [0.2, 0.25) is 0 Å². The molecule has 3 nitrogen and oxygen atoms in total. The van der Waals surface area contributed by atoms with E-state index in [1.54, 1.807) is 24.3 Å². The van der Waals surface area contributed by atoms with E-state index in [0.717, 1.165) is 10.5 Å². The van der Waals surface area contributed by atoms with Gasteiger partial charge in [-0.3, -0.25) is 0 Å². The molecule has 104 valence electrons. The maximum absolute atomic E-state index is 10.8. The lowest BCUT2D eigenvalue weighted by atomic mass is 9.92. The lowest BCUT2D eigenvalue weighted by Gasteiger charge is -2.31. The van der Waals surface area contributed by atoms with Crippen molar-refractivity contribution in [3.05, 3.63) is 60.2 Å². The molecule has 0 unspecified atom stereocenters. The third-order valence-electron chi connectivity index (χ3n) is 3.59. The first-order valence-corrected chi connectivity index (χ1v) is 7.58. The van der Waals surface area contributed by atoms with Crippen molar-refractivity contribution < 1.29 is 5.11 Å². The van der Waals surface area contributed by atoms with E-state index in [9.17, 15) is 5.11 Å². The number of rotatable bonds is 4. The van der Waals surface area contributed by atoms with Gasteiger partial charge in [0.05, 0.1) is 22.2 Å². The van der Waals surface area contributed by atoms with Crippen LogP contribution in [0.3, 0.4) is 0 Å². The topological polar surface area (TPSA) is 38.0 Å². The molecule has 0 fully saturated rings. The van der Waals surface area contributed by atoms with E-state index in [1.807, 2.05) is 35.0 Å². The number of imidazole rings is 1. The van der Waals surface area contributed by atoms with Gasteiger partial charge in [0.25, 0.3) is 0 Å². The minimum Gasteiger partial charge on any atom is -0.387 e. The lowest BCUT2D eigenvalue weighted by Crippen LogP contribution is -2.33. The molecule has 1 aliphatic heterocycles. The third kappa shape index (κ3) is 2.18. The summed E-state index contributed by atoms with van der Waals surface area (Å²) in [7, 11) is 0. The van der Waals surface area contributed by atoms with Crippen LogP contribution in [0, 0.1) is 0 Å². The summed E-state index contributed by atoms with van der Waals surface area (Å²) in [5.41, 5.74) is 0.907. The van der Waals surface area contributed by atoms with Crippen LogP contribution in [-0.2, 0) is 6.54 Å². The summed E-state index contributed by atoms with van der Waals surface area (Å²) in [6.07, 6.45) is 7.40. The normalized spacial score (nSPS) is 24.6. The number of halogens is 1. The van der Waals surface area contributed by atoms with Crippen LogP contribution in [0.15, 0.2) is 54.5 Å². The van der Waals surface area contributed by atoms with Gasteiger partial charge in [0.15, 0.2) is 0 Å². The minimum atomic E-state index is -0.568. The Morgan fingerprint density at radius 2 is 2.40 bits per heavy atom. The SMILES string of the molecule is C=CC[C@@]1(Cn2ccnc2)Sc2c(Cl)cccc2[C@@H]1O.